The molecule has 0 spiro atoms. The van der Waals surface area contributed by atoms with Crippen LogP contribution in [0.4, 0.5) is 0 Å². The van der Waals surface area contributed by atoms with Crippen molar-refractivity contribution < 1.29 is 0 Å². The Bertz CT molecular complexity index is 268. The van der Waals surface area contributed by atoms with Crippen LogP contribution in [0, 0.1) is 5.41 Å². The fourth-order valence-electron chi connectivity index (χ4n) is 3.45. The topological polar surface area (TPSA) is 18.5 Å². The first-order valence-corrected chi connectivity index (χ1v) is 8.05. The van der Waals surface area contributed by atoms with Gasteiger partial charge >= 0.3 is 0 Å². The van der Waals surface area contributed by atoms with Crippen LogP contribution in [0.5, 0.6) is 0 Å². The van der Waals surface area contributed by atoms with E-state index in [9.17, 15) is 0 Å². The summed E-state index contributed by atoms with van der Waals surface area (Å²) in [4.78, 5) is 5.15. The molecule has 0 aromatic rings. The molecule has 1 N–H and O–H groups in total. The van der Waals surface area contributed by atoms with Crippen LogP contribution in [0.15, 0.2) is 0 Å². The average Bonchev–Trinajstić information content (AvgIpc) is 2.78. The van der Waals surface area contributed by atoms with E-state index in [1.807, 2.05) is 0 Å². The second-order valence-corrected chi connectivity index (χ2v) is 7.89. The van der Waals surface area contributed by atoms with Gasteiger partial charge < -0.3 is 15.1 Å². The molecule has 0 aromatic carbocycles. The summed E-state index contributed by atoms with van der Waals surface area (Å²) < 4.78 is 0. The Hall–Kier alpha value is -0.120. The summed E-state index contributed by atoms with van der Waals surface area (Å²) >= 11 is 0. The van der Waals surface area contributed by atoms with Gasteiger partial charge in [-0.3, -0.25) is 0 Å². The molecule has 2 fully saturated rings. The maximum atomic E-state index is 3.77. The number of nitrogens with zero attached hydrogens (tertiary/aromatic N) is 2. The van der Waals surface area contributed by atoms with Crippen LogP contribution in [-0.2, 0) is 0 Å². The maximum Gasteiger partial charge on any atom is 0.0110 e. The zero-order valence-electron chi connectivity index (χ0n) is 13.5. The molecule has 3 heteroatoms. The van der Waals surface area contributed by atoms with E-state index in [-0.39, 0.29) is 5.54 Å². The highest BCUT2D eigenvalue weighted by atomic mass is 15.2. The van der Waals surface area contributed by atoms with E-state index in [1.54, 1.807) is 0 Å². The predicted molar refractivity (Wildman–Crippen MR) is 82.6 cm³/mol. The van der Waals surface area contributed by atoms with Crippen LogP contribution in [-0.4, -0.2) is 61.7 Å². The lowest BCUT2D eigenvalue weighted by Gasteiger charge is -2.40. The minimum Gasteiger partial charge on any atom is -0.311 e. The molecular formula is C16H33N3. The van der Waals surface area contributed by atoms with Crippen LogP contribution in [0.3, 0.4) is 0 Å². The van der Waals surface area contributed by atoms with Gasteiger partial charge in [-0.05, 0) is 46.1 Å². The van der Waals surface area contributed by atoms with Crippen LogP contribution < -0.4 is 5.32 Å². The summed E-state index contributed by atoms with van der Waals surface area (Å²) in [6, 6.07) is 0. The third-order valence-corrected chi connectivity index (χ3v) is 4.81. The van der Waals surface area contributed by atoms with Crippen molar-refractivity contribution in [1.29, 1.82) is 0 Å². The average molecular weight is 267 g/mol. The highest BCUT2D eigenvalue weighted by molar-refractivity contribution is 4.92. The molecule has 1 saturated carbocycles. The fraction of sp³-hybridized carbons (Fsp3) is 1.00. The van der Waals surface area contributed by atoms with E-state index in [0.29, 0.717) is 5.41 Å². The molecule has 112 valence electrons. The van der Waals surface area contributed by atoms with Gasteiger partial charge in [0.15, 0.2) is 0 Å². The smallest absolute Gasteiger partial charge is 0.0110 e. The Morgan fingerprint density at radius 2 is 1.58 bits per heavy atom. The molecule has 1 aliphatic carbocycles. The lowest BCUT2D eigenvalue weighted by molar-refractivity contribution is 0.0924. The summed E-state index contributed by atoms with van der Waals surface area (Å²) in [7, 11) is 2.24. The van der Waals surface area contributed by atoms with Gasteiger partial charge in [0.25, 0.3) is 0 Å². The van der Waals surface area contributed by atoms with Gasteiger partial charge in [-0.15, -0.1) is 0 Å². The van der Waals surface area contributed by atoms with E-state index in [0.717, 1.165) is 0 Å². The van der Waals surface area contributed by atoms with Crippen LogP contribution in [0.1, 0.15) is 46.5 Å². The van der Waals surface area contributed by atoms with Gasteiger partial charge in [0, 0.05) is 44.8 Å². The SMILES string of the molecule is CN1CCN(CC2(CNC(C)(C)C)CCCC2)CC1. The monoisotopic (exact) mass is 267 g/mol. The van der Waals surface area contributed by atoms with Crippen molar-refractivity contribution >= 4 is 0 Å². The highest BCUT2D eigenvalue weighted by Crippen LogP contribution is 2.38. The van der Waals surface area contributed by atoms with Gasteiger partial charge in [0.05, 0.1) is 0 Å². The Balaban J connectivity index is 1.88. The third kappa shape index (κ3) is 4.73. The van der Waals surface area contributed by atoms with E-state index in [1.165, 1.54) is 65.0 Å². The number of piperazine rings is 1. The standard InChI is InChI=1S/C16H33N3/c1-15(2,3)17-13-16(7-5-6-8-16)14-19-11-9-18(4)10-12-19/h17H,5-14H2,1-4H3. The third-order valence-electron chi connectivity index (χ3n) is 4.81. The van der Waals surface area contributed by atoms with Crippen LogP contribution in [0.25, 0.3) is 0 Å². The molecule has 0 aromatic heterocycles. The van der Waals surface area contributed by atoms with Gasteiger partial charge in [0.1, 0.15) is 0 Å². The molecule has 0 bridgehead atoms. The van der Waals surface area contributed by atoms with E-state index >= 15 is 0 Å². The van der Waals surface area contributed by atoms with Crippen molar-refractivity contribution in [2.75, 3.05) is 46.3 Å². The number of rotatable bonds is 4. The molecule has 0 radical (unpaired) electrons. The minimum absolute atomic E-state index is 0.248. The molecular weight excluding hydrogens is 234 g/mol. The highest BCUT2D eigenvalue weighted by Gasteiger charge is 2.36. The molecule has 1 aliphatic heterocycles. The van der Waals surface area contributed by atoms with Crippen molar-refractivity contribution in [1.82, 2.24) is 15.1 Å². The summed E-state index contributed by atoms with van der Waals surface area (Å²) in [6.45, 7) is 14.3. The second kappa shape index (κ2) is 6.11. The van der Waals surface area contributed by atoms with E-state index in [2.05, 4.69) is 42.9 Å². The van der Waals surface area contributed by atoms with Gasteiger partial charge in [-0.25, -0.2) is 0 Å². The maximum absolute atomic E-state index is 3.77. The molecule has 2 rings (SSSR count). The molecule has 2 aliphatic rings. The van der Waals surface area contributed by atoms with Crippen molar-refractivity contribution in [3.63, 3.8) is 0 Å². The van der Waals surface area contributed by atoms with E-state index in [4.69, 9.17) is 0 Å². The van der Waals surface area contributed by atoms with Gasteiger partial charge in [0.2, 0.25) is 0 Å². The first-order valence-electron chi connectivity index (χ1n) is 8.05. The van der Waals surface area contributed by atoms with Crippen LogP contribution >= 0.6 is 0 Å². The number of likely N-dealkylation sites (N-methyl/N-ethyl adjacent to an activating group) is 1. The Morgan fingerprint density at radius 1 is 1.00 bits per heavy atom. The largest absolute Gasteiger partial charge is 0.311 e. The van der Waals surface area contributed by atoms with Crippen LogP contribution in [0.2, 0.25) is 0 Å². The fourth-order valence-corrected chi connectivity index (χ4v) is 3.45. The first kappa shape index (κ1) is 15.3. The van der Waals surface area contributed by atoms with Crippen molar-refractivity contribution in [2.45, 2.75) is 52.0 Å². The lowest BCUT2D eigenvalue weighted by Crippen LogP contribution is -2.52. The first-order chi connectivity index (χ1) is 8.89. The van der Waals surface area contributed by atoms with Crippen molar-refractivity contribution in [2.24, 2.45) is 5.41 Å². The summed E-state index contributed by atoms with van der Waals surface area (Å²) in [6.07, 6.45) is 5.70. The summed E-state index contributed by atoms with van der Waals surface area (Å²) in [5, 5.41) is 3.77. The molecule has 0 unspecified atom stereocenters. The minimum atomic E-state index is 0.248. The number of hydrogen-bond acceptors (Lipinski definition) is 3. The zero-order chi connectivity index (χ0) is 13.9. The molecule has 19 heavy (non-hydrogen) atoms. The quantitative estimate of drug-likeness (QED) is 0.842. The van der Waals surface area contributed by atoms with Crippen molar-refractivity contribution in [3.8, 4) is 0 Å². The Morgan fingerprint density at radius 3 is 2.11 bits per heavy atom. The molecule has 0 amide bonds. The van der Waals surface area contributed by atoms with E-state index < -0.39 is 0 Å². The number of nitrogens with one attached hydrogen (secondary N) is 1. The summed E-state index contributed by atoms with van der Waals surface area (Å²) in [5.41, 5.74) is 0.793. The van der Waals surface area contributed by atoms with Crippen molar-refractivity contribution in [3.05, 3.63) is 0 Å². The van der Waals surface area contributed by atoms with Gasteiger partial charge in [-0.1, -0.05) is 12.8 Å². The molecule has 1 heterocycles. The second-order valence-electron chi connectivity index (χ2n) is 7.89. The molecule has 3 nitrogen and oxygen atoms in total. The lowest BCUT2D eigenvalue weighted by atomic mass is 9.84. The zero-order valence-corrected chi connectivity index (χ0v) is 13.5. The van der Waals surface area contributed by atoms with Gasteiger partial charge in [-0.2, -0.15) is 0 Å². The predicted octanol–water partition coefficient (Wildman–Crippen LogP) is 2.18. The normalized spacial score (nSPS) is 25.9. The number of hydrogen-bond donors (Lipinski definition) is 1. The summed E-state index contributed by atoms with van der Waals surface area (Å²) in [5.74, 6) is 0. The Labute approximate surface area is 119 Å². The Kier molecular flexibility index (Phi) is 4.91. The molecule has 1 saturated heterocycles. The molecule has 0 atom stereocenters.